The molecule has 2 aromatic rings. The fourth-order valence-electron chi connectivity index (χ4n) is 3.56. The van der Waals surface area contributed by atoms with E-state index in [2.05, 4.69) is 36.5 Å². The third-order valence-corrected chi connectivity index (χ3v) is 5.01. The largest absolute Gasteiger partial charge is 0.322 e. The van der Waals surface area contributed by atoms with E-state index in [0.29, 0.717) is 6.54 Å². The summed E-state index contributed by atoms with van der Waals surface area (Å²) in [4.78, 5) is 15.0. The number of benzene rings is 2. The molecule has 3 N–H and O–H groups in total. The zero-order valence-corrected chi connectivity index (χ0v) is 15.6. The zero-order chi connectivity index (χ0) is 18.5. The van der Waals surface area contributed by atoms with Crippen molar-refractivity contribution >= 4 is 11.6 Å². The first-order valence-corrected chi connectivity index (χ1v) is 9.28. The maximum absolute atomic E-state index is 13.9. The molecule has 0 aromatic heterocycles. The van der Waals surface area contributed by atoms with Crippen LogP contribution in [-0.2, 0) is 11.3 Å². The number of halogens is 1. The van der Waals surface area contributed by atoms with Gasteiger partial charge in [-0.25, -0.2) is 4.39 Å². The lowest BCUT2D eigenvalue weighted by molar-refractivity contribution is -1.02. The number of hydrogen-bond donors (Lipinski definition) is 3. The van der Waals surface area contributed by atoms with Crippen LogP contribution in [0, 0.1) is 19.7 Å². The summed E-state index contributed by atoms with van der Waals surface area (Å²) >= 11 is 0. The summed E-state index contributed by atoms with van der Waals surface area (Å²) in [5, 5.41) is 2.70. The van der Waals surface area contributed by atoms with Crippen LogP contribution in [0.2, 0.25) is 0 Å². The van der Waals surface area contributed by atoms with Crippen molar-refractivity contribution in [2.75, 3.05) is 38.0 Å². The van der Waals surface area contributed by atoms with Gasteiger partial charge in [0.15, 0.2) is 6.54 Å². The van der Waals surface area contributed by atoms with E-state index < -0.39 is 0 Å². The molecular formula is C21H28FN3O+2. The van der Waals surface area contributed by atoms with Gasteiger partial charge in [-0.2, -0.15) is 0 Å². The van der Waals surface area contributed by atoms with Crippen molar-refractivity contribution in [3.63, 3.8) is 0 Å². The van der Waals surface area contributed by atoms with E-state index in [1.54, 1.807) is 17.0 Å². The van der Waals surface area contributed by atoms with Gasteiger partial charge < -0.3 is 15.1 Å². The molecular weight excluding hydrogens is 329 g/mol. The third kappa shape index (κ3) is 5.13. The molecule has 0 aliphatic carbocycles. The van der Waals surface area contributed by atoms with E-state index >= 15 is 0 Å². The van der Waals surface area contributed by atoms with Gasteiger partial charge in [0, 0.05) is 5.56 Å². The average Bonchev–Trinajstić information content (AvgIpc) is 2.59. The van der Waals surface area contributed by atoms with Gasteiger partial charge in [-0.05, 0) is 31.5 Å². The number of piperazine rings is 1. The number of carbonyl (C=O) groups excluding carboxylic acids is 1. The lowest BCUT2D eigenvalue weighted by atomic mass is 10.1. The molecule has 0 spiro atoms. The molecule has 5 heteroatoms. The number of rotatable bonds is 5. The Balaban J connectivity index is 1.45. The highest BCUT2D eigenvalue weighted by Gasteiger charge is 2.25. The molecule has 138 valence electrons. The fourth-order valence-corrected chi connectivity index (χ4v) is 3.56. The molecule has 1 saturated heterocycles. The number of hydrogen-bond acceptors (Lipinski definition) is 1. The Bertz CT molecular complexity index is 770. The monoisotopic (exact) mass is 357 g/mol. The van der Waals surface area contributed by atoms with Crippen molar-refractivity contribution in [2.24, 2.45) is 0 Å². The molecule has 1 aliphatic heterocycles. The normalized spacial score (nSPS) is 20.0. The van der Waals surface area contributed by atoms with Gasteiger partial charge in [0.25, 0.3) is 5.91 Å². The molecule has 4 nitrogen and oxygen atoms in total. The second-order valence-electron chi connectivity index (χ2n) is 7.37. The topological polar surface area (TPSA) is 38.0 Å². The van der Waals surface area contributed by atoms with Crippen molar-refractivity contribution in [1.82, 2.24) is 0 Å². The van der Waals surface area contributed by atoms with Crippen LogP contribution in [0.15, 0.2) is 42.5 Å². The molecule has 3 rings (SSSR count). The van der Waals surface area contributed by atoms with Gasteiger partial charge in [-0.15, -0.1) is 0 Å². The standard InChI is InChI=1S/C21H26FN3O/c1-16-4-3-5-18(12-16)14-24-8-10-25(11-9-24)15-21(26)23-20-7-6-17(2)13-19(20)22/h3-7,12-13H,8-11,14-15H2,1-2H3,(H,23,26)/p+2. The minimum Gasteiger partial charge on any atom is -0.322 e. The predicted octanol–water partition coefficient (Wildman–Crippen LogP) is 0.365. The SMILES string of the molecule is Cc1cccc(C[NH+]2CC[NH+](CC(=O)Nc3ccc(C)cc3F)CC2)c1. The second-order valence-corrected chi connectivity index (χ2v) is 7.37. The van der Waals surface area contributed by atoms with E-state index in [1.165, 1.54) is 22.1 Å². The van der Waals surface area contributed by atoms with Crippen LogP contribution < -0.4 is 15.1 Å². The Kier molecular flexibility index (Phi) is 6.01. The molecule has 2 aromatic carbocycles. The number of nitrogens with one attached hydrogen (secondary N) is 3. The molecule has 0 saturated carbocycles. The summed E-state index contributed by atoms with van der Waals surface area (Å²) in [6, 6.07) is 13.5. The molecule has 0 unspecified atom stereocenters. The quantitative estimate of drug-likeness (QED) is 0.711. The number of anilines is 1. The van der Waals surface area contributed by atoms with Crippen LogP contribution >= 0.6 is 0 Å². The van der Waals surface area contributed by atoms with Crippen molar-refractivity contribution in [1.29, 1.82) is 0 Å². The van der Waals surface area contributed by atoms with E-state index in [0.717, 1.165) is 38.3 Å². The van der Waals surface area contributed by atoms with Crippen LogP contribution in [0.3, 0.4) is 0 Å². The Morgan fingerprint density at radius 3 is 2.38 bits per heavy atom. The Morgan fingerprint density at radius 2 is 1.69 bits per heavy atom. The van der Waals surface area contributed by atoms with Crippen LogP contribution in [0.4, 0.5) is 10.1 Å². The zero-order valence-electron chi connectivity index (χ0n) is 15.6. The van der Waals surface area contributed by atoms with Crippen LogP contribution in [0.1, 0.15) is 16.7 Å². The molecule has 1 aliphatic rings. The van der Waals surface area contributed by atoms with E-state index in [4.69, 9.17) is 0 Å². The molecule has 1 amide bonds. The molecule has 1 heterocycles. The summed E-state index contributed by atoms with van der Waals surface area (Å²) in [5.74, 6) is -0.495. The average molecular weight is 357 g/mol. The Hall–Kier alpha value is -2.24. The molecule has 0 radical (unpaired) electrons. The lowest BCUT2D eigenvalue weighted by Gasteiger charge is -2.29. The number of carbonyl (C=O) groups is 1. The van der Waals surface area contributed by atoms with Gasteiger partial charge in [0.05, 0.1) is 5.69 Å². The Morgan fingerprint density at radius 1 is 1.00 bits per heavy atom. The first-order valence-electron chi connectivity index (χ1n) is 9.28. The lowest BCUT2D eigenvalue weighted by Crippen LogP contribution is -3.28. The first-order chi connectivity index (χ1) is 12.5. The minimum atomic E-state index is -0.374. The van der Waals surface area contributed by atoms with E-state index in [-0.39, 0.29) is 17.4 Å². The van der Waals surface area contributed by atoms with E-state index in [9.17, 15) is 9.18 Å². The molecule has 0 atom stereocenters. The maximum Gasteiger partial charge on any atom is 0.279 e. The van der Waals surface area contributed by atoms with Gasteiger partial charge in [0.2, 0.25) is 0 Å². The number of quaternary nitrogens is 2. The number of aryl methyl sites for hydroxylation is 2. The summed E-state index contributed by atoms with van der Waals surface area (Å²) in [7, 11) is 0. The van der Waals surface area contributed by atoms with Crippen molar-refractivity contribution in [3.05, 3.63) is 65.0 Å². The molecule has 26 heavy (non-hydrogen) atoms. The predicted molar refractivity (Wildman–Crippen MR) is 101 cm³/mol. The third-order valence-electron chi connectivity index (χ3n) is 5.01. The molecule has 1 fully saturated rings. The molecule has 0 bridgehead atoms. The smallest absolute Gasteiger partial charge is 0.279 e. The highest BCUT2D eigenvalue weighted by Crippen LogP contribution is 2.14. The second kappa shape index (κ2) is 8.43. The number of amides is 1. The van der Waals surface area contributed by atoms with Crippen molar-refractivity contribution < 1.29 is 19.0 Å². The van der Waals surface area contributed by atoms with Crippen molar-refractivity contribution in [3.8, 4) is 0 Å². The first kappa shape index (κ1) is 18.5. The minimum absolute atomic E-state index is 0.120. The maximum atomic E-state index is 13.9. The van der Waals surface area contributed by atoms with Crippen LogP contribution in [0.25, 0.3) is 0 Å². The summed E-state index contributed by atoms with van der Waals surface area (Å²) in [5.41, 5.74) is 3.78. The van der Waals surface area contributed by atoms with Crippen LogP contribution in [-0.4, -0.2) is 38.6 Å². The van der Waals surface area contributed by atoms with Gasteiger partial charge in [-0.1, -0.05) is 35.9 Å². The summed E-state index contributed by atoms with van der Waals surface area (Å²) in [6.07, 6.45) is 0. The van der Waals surface area contributed by atoms with Gasteiger partial charge in [-0.3, -0.25) is 4.79 Å². The van der Waals surface area contributed by atoms with Gasteiger partial charge >= 0.3 is 0 Å². The van der Waals surface area contributed by atoms with Crippen LogP contribution in [0.5, 0.6) is 0 Å². The Labute approximate surface area is 154 Å². The summed E-state index contributed by atoms with van der Waals surface area (Å²) < 4.78 is 13.9. The fraction of sp³-hybridized carbons (Fsp3) is 0.381. The highest BCUT2D eigenvalue weighted by atomic mass is 19.1. The van der Waals surface area contributed by atoms with Crippen molar-refractivity contribution in [2.45, 2.75) is 20.4 Å². The van der Waals surface area contributed by atoms with Gasteiger partial charge in [0.1, 0.15) is 38.5 Å². The van der Waals surface area contributed by atoms with E-state index in [1.807, 2.05) is 6.92 Å². The summed E-state index contributed by atoms with van der Waals surface area (Å²) in [6.45, 7) is 9.41. The highest BCUT2D eigenvalue weighted by molar-refractivity contribution is 5.91.